The first-order valence-corrected chi connectivity index (χ1v) is 6.32. The highest BCUT2D eigenvalue weighted by Crippen LogP contribution is 2.34. The molecule has 0 fully saturated rings. The second-order valence-electron chi connectivity index (χ2n) is 4.16. The van der Waals surface area contributed by atoms with E-state index in [1.54, 1.807) is 12.1 Å². The molecule has 0 amide bonds. The number of carboxylic acids is 1. The lowest BCUT2D eigenvalue weighted by Crippen LogP contribution is -2.02. The van der Waals surface area contributed by atoms with Crippen molar-refractivity contribution >= 4 is 5.97 Å². The van der Waals surface area contributed by atoms with Gasteiger partial charge in [-0.1, -0.05) is 0 Å². The molecule has 0 aliphatic rings. The average molecular weight is 284 g/mol. The molecule has 0 heterocycles. The number of unbranched alkanes of at least 4 members (excludes halogenated alkanes) is 1. The van der Waals surface area contributed by atoms with Crippen molar-refractivity contribution in [3.63, 3.8) is 0 Å². The van der Waals surface area contributed by atoms with E-state index in [1.807, 2.05) is 0 Å². The van der Waals surface area contributed by atoms with Gasteiger partial charge in [-0.3, -0.25) is 4.79 Å². The molecule has 0 radical (unpaired) electrons. The third-order valence-electron chi connectivity index (χ3n) is 2.79. The van der Waals surface area contributed by atoms with Gasteiger partial charge in [0, 0.05) is 18.6 Å². The normalized spacial score (nSPS) is 10.2. The van der Waals surface area contributed by atoms with Gasteiger partial charge >= 0.3 is 5.97 Å². The first-order chi connectivity index (χ1) is 9.62. The minimum absolute atomic E-state index is 0.138. The van der Waals surface area contributed by atoms with Crippen LogP contribution in [-0.2, 0) is 11.4 Å². The molecule has 0 spiro atoms. The lowest BCUT2D eigenvalue weighted by Gasteiger charge is -2.14. The molecule has 2 N–H and O–H groups in total. The summed E-state index contributed by atoms with van der Waals surface area (Å²) in [6, 6.07) is 3.34. The highest BCUT2D eigenvalue weighted by atomic mass is 16.5. The molecule has 6 nitrogen and oxygen atoms in total. The van der Waals surface area contributed by atoms with E-state index in [0.717, 1.165) is 0 Å². The number of aliphatic hydroxyl groups excluding tert-OH is 1. The standard InChI is InChI=1S/C14H20O6/c1-18-12-7-10(8-13(19-2)11(12)9-15)20-6-4-3-5-14(16)17/h7-8,15H,3-6,9H2,1-2H3,(H,16,17). The molecule has 6 heteroatoms. The average Bonchev–Trinajstić information content (AvgIpc) is 2.45. The molecule has 1 aromatic rings. The Morgan fingerprint density at radius 3 is 2.20 bits per heavy atom. The number of rotatable bonds is 9. The SMILES string of the molecule is COc1cc(OCCCCC(=O)O)cc(OC)c1CO. The number of methoxy groups -OCH3 is 2. The van der Waals surface area contributed by atoms with Gasteiger partial charge in [-0.2, -0.15) is 0 Å². The molecule has 0 atom stereocenters. The third kappa shape index (κ3) is 4.62. The van der Waals surface area contributed by atoms with Gasteiger partial charge < -0.3 is 24.4 Å². The molecule has 0 saturated carbocycles. The summed E-state index contributed by atoms with van der Waals surface area (Å²) >= 11 is 0. The Morgan fingerprint density at radius 1 is 1.15 bits per heavy atom. The fraction of sp³-hybridized carbons (Fsp3) is 0.500. The molecule has 0 unspecified atom stereocenters. The van der Waals surface area contributed by atoms with Crippen LogP contribution in [-0.4, -0.2) is 37.0 Å². The van der Waals surface area contributed by atoms with Gasteiger partial charge in [-0.15, -0.1) is 0 Å². The molecule has 1 aromatic carbocycles. The largest absolute Gasteiger partial charge is 0.496 e. The van der Waals surface area contributed by atoms with Gasteiger partial charge in [0.2, 0.25) is 0 Å². The van der Waals surface area contributed by atoms with Crippen LogP contribution in [0.2, 0.25) is 0 Å². The van der Waals surface area contributed by atoms with Crippen molar-refractivity contribution in [3.8, 4) is 17.2 Å². The first-order valence-electron chi connectivity index (χ1n) is 6.32. The minimum atomic E-state index is -0.805. The van der Waals surface area contributed by atoms with E-state index in [2.05, 4.69) is 0 Å². The van der Waals surface area contributed by atoms with Gasteiger partial charge in [0.25, 0.3) is 0 Å². The van der Waals surface area contributed by atoms with Crippen molar-refractivity contribution in [1.29, 1.82) is 0 Å². The lowest BCUT2D eigenvalue weighted by atomic mass is 10.1. The molecule has 0 bridgehead atoms. The number of aliphatic carboxylic acids is 1. The summed E-state index contributed by atoms with van der Waals surface area (Å²) in [5, 5.41) is 17.8. The first kappa shape index (κ1) is 16.1. The fourth-order valence-electron chi connectivity index (χ4n) is 1.77. The monoisotopic (exact) mass is 284 g/mol. The van der Waals surface area contributed by atoms with Crippen LogP contribution in [0.5, 0.6) is 17.2 Å². The van der Waals surface area contributed by atoms with Gasteiger partial charge in [-0.25, -0.2) is 0 Å². The Hall–Kier alpha value is -1.95. The lowest BCUT2D eigenvalue weighted by molar-refractivity contribution is -0.137. The Bertz CT molecular complexity index is 418. The zero-order chi connectivity index (χ0) is 15.0. The van der Waals surface area contributed by atoms with Crippen LogP contribution < -0.4 is 14.2 Å². The van der Waals surface area contributed by atoms with Crippen LogP contribution in [0, 0.1) is 0 Å². The van der Waals surface area contributed by atoms with Gasteiger partial charge in [0.05, 0.1) is 33.0 Å². The zero-order valence-corrected chi connectivity index (χ0v) is 11.7. The molecule has 0 aromatic heterocycles. The third-order valence-corrected chi connectivity index (χ3v) is 2.79. The van der Waals surface area contributed by atoms with Crippen LogP contribution in [0.3, 0.4) is 0 Å². The molecule has 20 heavy (non-hydrogen) atoms. The molecule has 0 aliphatic heterocycles. The summed E-state index contributed by atoms with van der Waals surface area (Å²) in [6.45, 7) is 0.225. The summed E-state index contributed by atoms with van der Waals surface area (Å²) in [5.74, 6) is 0.742. The zero-order valence-electron chi connectivity index (χ0n) is 11.7. The summed E-state index contributed by atoms with van der Waals surface area (Å²) in [5.41, 5.74) is 0.563. The van der Waals surface area contributed by atoms with E-state index in [0.29, 0.717) is 42.3 Å². The molecular weight excluding hydrogens is 264 g/mol. The number of ether oxygens (including phenoxy) is 3. The maximum Gasteiger partial charge on any atom is 0.303 e. The topological polar surface area (TPSA) is 85.2 Å². The number of aliphatic hydroxyl groups is 1. The van der Waals surface area contributed by atoms with E-state index >= 15 is 0 Å². The predicted octanol–water partition coefficient (Wildman–Crippen LogP) is 1.83. The summed E-state index contributed by atoms with van der Waals surface area (Å²) < 4.78 is 15.9. The quantitative estimate of drug-likeness (QED) is 0.673. The summed E-state index contributed by atoms with van der Waals surface area (Å²) in [4.78, 5) is 10.4. The van der Waals surface area contributed by atoms with E-state index in [4.69, 9.17) is 19.3 Å². The number of hydrogen-bond donors (Lipinski definition) is 2. The fourth-order valence-corrected chi connectivity index (χ4v) is 1.77. The van der Waals surface area contributed by atoms with Crippen molar-refractivity contribution in [2.45, 2.75) is 25.9 Å². The molecule has 0 saturated heterocycles. The van der Waals surface area contributed by atoms with Gasteiger partial charge in [0.15, 0.2) is 0 Å². The number of benzene rings is 1. The summed E-state index contributed by atoms with van der Waals surface area (Å²) in [6.07, 6.45) is 1.36. The second kappa shape index (κ2) is 8.27. The van der Waals surface area contributed by atoms with E-state index in [-0.39, 0.29) is 13.0 Å². The minimum Gasteiger partial charge on any atom is -0.496 e. The Morgan fingerprint density at radius 2 is 1.75 bits per heavy atom. The molecule has 0 aliphatic carbocycles. The van der Waals surface area contributed by atoms with Gasteiger partial charge in [-0.05, 0) is 12.8 Å². The molecule has 112 valence electrons. The van der Waals surface area contributed by atoms with E-state index in [1.165, 1.54) is 14.2 Å². The van der Waals surface area contributed by atoms with Crippen LogP contribution in [0.25, 0.3) is 0 Å². The van der Waals surface area contributed by atoms with Crippen LogP contribution in [0.1, 0.15) is 24.8 Å². The highest BCUT2D eigenvalue weighted by molar-refractivity contribution is 5.66. The highest BCUT2D eigenvalue weighted by Gasteiger charge is 2.12. The Labute approximate surface area is 117 Å². The summed E-state index contributed by atoms with van der Waals surface area (Å²) in [7, 11) is 3.01. The Balaban J connectivity index is 2.64. The maximum atomic E-state index is 10.4. The predicted molar refractivity (Wildman–Crippen MR) is 72.5 cm³/mol. The van der Waals surface area contributed by atoms with Crippen molar-refractivity contribution in [1.82, 2.24) is 0 Å². The van der Waals surface area contributed by atoms with Crippen molar-refractivity contribution in [3.05, 3.63) is 17.7 Å². The van der Waals surface area contributed by atoms with Crippen LogP contribution in [0.4, 0.5) is 0 Å². The van der Waals surface area contributed by atoms with Gasteiger partial charge in [0.1, 0.15) is 17.2 Å². The molecule has 1 rings (SSSR count). The van der Waals surface area contributed by atoms with Crippen molar-refractivity contribution in [2.24, 2.45) is 0 Å². The van der Waals surface area contributed by atoms with Crippen molar-refractivity contribution in [2.75, 3.05) is 20.8 Å². The Kier molecular flexibility index (Phi) is 6.66. The van der Waals surface area contributed by atoms with E-state index in [9.17, 15) is 9.90 Å². The molecular formula is C14H20O6. The maximum absolute atomic E-state index is 10.4. The van der Waals surface area contributed by atoms with E-state index < -0.39 is 5.97 Å². The second-order valence-corrected chi connectivity index (χ2v) is 4.16. The smallest absolute Gasteiger partial charge is 0.303 e. The van der Waals surface area contributed by atoms with Crippen LogP contribution in [0.15, 0.2) is 12.1 Å². The van der Waals surface area contributed by atoms with Crippen molar-refractivity contribution < 1.29 is 29.2 Å². The number of carboxylic acid groups (broad SMARTS) is 1. The number of hydrogen-bond acceptors (Lipinski definition) is 5. The number of carbonyl (C=O) groups is 1. The van der Waals surface area contributed by atoms with Crippen LogP contribution >= 0.6 is 0 Å².